The van der Waals surface area contributed by atoms with Crippen LogP contribution in [-0.4, -0.2) is 15.5 Å². The maximum Gasteiger partial charge on any atom is 0.264 e. The van der Waals surface area contributed by atoms with Crippen LogP contribution in [0.3, 0.4) is 0 Å². The number of nitrogens with zero attached hydrogens (tertiary/aromatic N) is 1. The lowest BCUT2D eigenvalue weighted by Gasteiger charge is -2.20. The van der Waals surface area contributed by atoms with E-state index in [1.807, 2.05) is 6.92 Å². The van der Waals surface area contributed by atoms with Gasteiger partial charge >= 0.3 is 0 Å². The molecule has 0 aliphatic heterocycles. The Labute approximate surface area is 128 Å². The SMILES string of the molecule is Cc1ccc(S(=O)(=O)N(C)c2ccc(Cl)c(Cl)c2)cc1. The molecule has 0 unspecified atom stereocenters. The summed E-state index contributed by atoms with van der Waals surface area (Å²) in [6.07, 6.45) is 0. The molecule has 0 aliphatic rings. The number of anilines is 1. The van der Waals surface area contributed by atoms with Crippen molar-refractivity contribution in [2.45, 2.75) is 11.8 Å². The zero-order chi connectivity index (χ0) is 14.9. The lowest BCUT2D eigenvalue weighted by Crippen LogP contribution is -2.26. The highest BCUT2D eigenvalue weighted by Gasteiger charge is 2.21. The van der Waals surface area contributed by atoms with Crippen LogP contribution in [0.5, 0.6) is 0 Å². The first-order valence-corrected chi connectivity index (χ1v) is 8.02. The van der Waals surface area contributed by atoms with Crippen molar-refractivity contribution in [1.82, 2.24) is 0 Å². The standard InChI is InChI=1S/C14H13Cl2NO2S/c1-10-3-6-12(7-4-10)20(18,19)17(2)11-5-8-13(15)14(16)9-11/h3-9H,1-2H3. The molecule has 0 bridgehead atoms. The molecule has 0 radical (unpaired) electrons. The molecule has 2 rings (SSSR count). The zero-order valence-electron chi connectivity index (χ0n) is 11.0. The van der Waals surface area contributed by atoms with Gasteiger partial charge in [-0.15, -0.1) is 0 Å². The molecule has 106 valence electrons. The smallest absolute Gasteiger partial charge is 0.264 e. The van der Waals surface area contributed by atoms with E-state index in [4.69, 9.17) is 23.2 Å². The van der Waals surface area contributed by atoms with Crippen LogP contribution in [0.4, 0.5) is 5.69 Å². The van der Waals surface area contributed by atoms with Crippen LogP contribution in [-0.2, 0) is 10.0 Å². The molecule has 0 aromatic heterocycles. The average Bonchev–Trinajstić information content (AvgIpc) is 2.41. The van der Waals surface area contributed by atoms with Gasteiger partial charge in [-0.2, -0.15) is 0 Å². The molecule has 0 saturated heterocycles. The Hall–Kier alpha value is -1.23. The second kappa shape index (κ2) is 5.64. The van der Waals surface area contributed by atoms with Gasteiger partial charge in [0.1, 0.15) is 0 Å². The number of halogens is 2. The Morgan fingerprint density at radius 3 is 2.10 bits per heavy atom. The Morgan fingerprint density at radius 2 is 1.55 bits per heavy atom. The van der Waals surface area contributed by atoms with Gasteiger partial charge in [0.15, 0.2) is 0 Å². The third-order valence-corrected chi connectivity index (χ3v) is 5.48. The minimum atomic E-state index is -3.61. The summed E-state index contributed by atoms with van der Waals surface area (Å²) in [6.45, 7) is 1.90. The molecule has 0 heterocycles. The summed E-state index contributed by atoms with van der Waals surface area (Å²) >= 11 is 11.8. The van der Waals surface area contributed by atoms with Gasteiger partial charge in [-0.3, -0.25) is 4.31 Å². The van der Waals surface area contributed by atoms with Crippen molar-refractivity contribution in [2.75, 3.05) is 11.4 Å². The van der Waals surface area contributed by atoms with Gasteiger partial charge in [-0.1, -0.05) is 40.9 Å². The van der Waals surface area contributed by atoms with Crippen molar-refractivity contribution in [3.8, 4) is 0 Å². The van der Waals surface area contributed by atoms with Crippen LogP contribution in [0.1, 0.15) is 5.56 Å². The van der Waals surface area contributed by atoms with Crippen molar-refractivity contribution in [1.29, 1.82) is 0 Å². The number of hydrogen-bond donors (Lipinski definition) is 0. The topological polar surface area (TPSA) is 37.4 Å². The Bertz CT molecular complexity index is 727. The van der Waals surface area contributed by atoms with Crippen molar-refractivity contribution in [2.24, 2.45) is 0 Å². The third kappa shape index (κ3) is 2.92. The van der Waals surface area contributed by atoms with E-state index in [-0.39, 0.29) is 4.90 Å². The summed E-state index contributed by atoms with van der Waals surface area (Å²) < 4.78 is 26.2. The molecule has 0 atom stereocenters. The number of sulfonamides is 1. The van der Waals surface area contributed by atoms with Crippen LogP contribution in [0.2, 0.25) is 10.0 Å². The fourth-order valence-electron chi connectivity index (χ4n) is 1.69. The highest BCUT2D eigenvalue weighted by atomic mass is 35.5. The Kier molecular flexibility index (Phi) is 4.28. The summed E-state index contributed by atoms with van der Waals surface area (Å²) in [4.78, 5) is 0.233. The van der Waals surface area contributed by atoms with Crippen molar-refractivity contribution in [3.05, 3.63) is 58.1 Å². The summed E-state index contributed by atoms with van der Waals surface area (Å²) in [6, 6.07) is 11.4. The lowest BCUT2D eigenvalue weighted by molar-refractivity contribution is 0.594. The Morgan fingerprint density at radius 1 is 0.950 bits per heavy atom. The fourth-order valence-corrected chi connectivity index (χ4v) is 3.17. The molecular formula is C14H13Cl2NO2S. The summed E-state index contributed by atoms with van der Waals surface area (Å²) in [5.41, 5.74) is 1.46. The molecule has 0 N–H and O–H groups in total. The molecular weight excluding hydrogens is 317 g/mol. The van der Waals surface area contributed by atoms with E-state index in [0.717, 1.165) is 5.56 Å². The van der Waals surface area contributed by atoms with Crippen LogP contribution in [0.15, 0.2) is 47.4 Å². The monoisotopic (exact) mass is 329 g/mol. The largest absolute Gasteiger partial charge is 0.269 e. The number of rotatable bonds is 3. The predicted octanol–water partition coefficient (Wildman–Crippen LogP) is 4.13. The molecule has 0 amide bonds. The predicted molar refractivity (Wildman–Crippen MR) is 83.2 cm³/mol. The van der Waals surface area contributed by atoms with E-state index in [0.29, 0.717) is 15.7 Å². The van der Waals surface area contributed by atoms with E-state index < -0.39 is 10.0 Å². The van der Waals surface area contributed by atoms with Gasteiger partial charge in [0.05, 0.1) is 20.6 Å². The van der Waals surface area contributed by atoms with Crippen molar-refractivity contribution < 1.29 is 8.42 Å². The van der Waals surface area contributed by atoms with Gasteiger partial charge in [-0.25, -0.2) is 8.42 Å². The first-order valence-electron chi connectivity index (χ1n) is 5.83. The molecule has 0 aliphatic carbocycles. The van der Waals surface area contributed by atoms with Gasteiger partial charge in [0, 0.05) is 7.05 Å². The molecule has 0 saturated carbocycles. The van der Waals surface area contributed by atoms with E-state index in [1.165, 1.54) is 17.4 Å². The second-order valence-corrected chi connectivity index (χ2v) is 7.17. The lowest BCUT2D eigenvalue weighted by atomic mass is 10.2. The second-order valence-electron chi connectivity index (χ2n) is 4.38. The number of aryl methyl sites for hydroxylation is 1. The average molecular weight is 330 g/mol. The summed E-state index contributed by atoms with van der Waals surface area (Å²) in [5, 5.41) is 0.701. The fraction of sp³-hybridized carbons (Fsp3) is 0.143. The maximum absolute atomic E-state index is 12.5. The van der Waals surface area contributed by atoms with E-state index >= 15 is 0 Å². The van der Waals surface area contributed by atoms with E-state index in [9.17, 15) is 8.42 Å². The van der Waals surface area contributed by atoms with Crippen LogP contribution in [0, 0.1) is 6.92 Å². The van der Waals surface area contributed by atoms with E-state index in [2.05, 4.69) is 0 Å². The van der Waals surface area contributed by atoms with Crippen molar-refractivity contribution in [3.63, 3.8) is 0 Å². The molecule has 6 heteroatoms. The summed E-state index contributed by atoms with van der Waals surface area (Å²) in [5.74, 6) is 0. The van der Waals surface area contributed by atoms with E-state index in [1.54, 1.807) is 36.4 Å². The molecule has 2 aromatic carbocycles. The highest BCUT2D eigenvalue weighted by molar-refractivity contribution is 7.92. The van der Waals surface area contributed by atoms with Gasteiger partial charge in [0.25, 0.3) is 10.0 Å². The normalized spacial score (nSPS) is 11.4. The van der Waals surface area contributed by atoms with Crippen LogP contribution < -0.4 is 4.31 Å². The molecule has 0 fully saturated rings. The van der Waals surface area contributed by atoms with Crippen molar-refractivity contribution >= 4 is 38.9 Å². The maximum atomic E-state index is 12.5. The first kappa shape index (κ1) is 15.2. The summed E-state index contributed by atoms with van der Waals surface area (Å²) in [7, 11) is -2.13. The van der Waals surface area contributed by atoms with Gasteiger partial charge in [0.2, 0.25) is 0 Å². The zero-order valence-corrected chi connectivity index (χ0v) is 13.3. The third-order valence-electron chi connectivity index (χ3n) is 2.95. The molecule has 20 heavy (non-hydrogen) atoms. The minimum absolute atomic E-state index is 0.233. The Balaban J connectivity index is 2.42. The number of benzene rings is 2. The highest BCUT2D eigenvalue weighted by Crippen LogP contribution is 2.29. The first-order chi connectivity index (χ1) is 9.32. The minimum Gasteiger partial charge on any atom is -0.269 e. The molecule has 3 nitrogen and oxygen atoms in total. The van der Waals surface area contributed by atoms with Crippen LogP contribution in [0.25, 0.3) is 0 Å². The molecule has 2 aromatic rings. The number of hydrogen-bond acceptors (Lipinski definition) is 2. The van der Waals surface area contributed by atoms with Crippen LogP contribution >= 0.6 is 23.2 Å². The van der Waals surface area contributed by atoms with Gasteiger partial charge in [-0.05, 0) is 37.3 Å². The van der Waals surface area contributed by atoms with Gasteiger partial charge < -0.3 is 0 Å². The molecule has 0 spiro atoms. The quantitative estimate of drug-likeness (QED) is 0.849.